The van der Waals surface area contributed by atoms with Crippen LogP contribution in [0.25, 0.3) is 0 Å². The lowest BCUT2D eigenvalue weighted by atomic mass is 10.1. The maximum atomic E-state index is 13.1. The van der Waals surface area contributed by atoms with Crippen LogP contribution in [-0.4, -0.2) is 55.7 Å². The molecular weight excluding hydrogens is 412 g/mol. The summed E-state index contributed by atoms with van der Waals surface area (Å²) in [4.78, 5) is 30.5. The van der Waals surface area contributed by atoms with Gasteiger partial charge in [-0.2, -0.15) is 0 Å². The van der Waals surface area contributed by atoms with Crippen molar-refractivity contribution in [3.05, 3.63) is 46.6 Å². The van der Waals surface area contributed by atoms with Crippen LogP contribution in [0.1, 0.15) is 29.8 Å². The Balaban J connectivity index is 2.33. The number of ether oxygens (including phenoxy) is 4. The molecule has 9 heteroatoms. The summed E-state index contributed by atoms with van der Waals surface area (Å²) in [6, 6.07) is 6.69. The van der Waals surface area contributed by atoms with E-state index in [4.69, 9.17) is 30.5 Å². The van der Waals surface area contributed by atoms with E-state index in [0.29, 0.717) is 17.1 Å². The van der Waals surface area contributed by atoms with Crippen LogP contribution in [0, 0.1) is 0 Å². The Bertz CT molecular complexity index is 881. The van der Waals surface area contributed by atoms with Crippen LogP contribution in [-0.2, 0) is 16.1 Å². The normalized spacial score (nSPS) is 10.5. The second kappa shape index (κ2) is 10.7. The molecule has 0 spiro atoms. The Hall–Kier alpha value is -3.00. The monoisotopic (exact) mass is 436 g/mol. The molecule has 0 bridgehead atoms. The summed E-state index contributed by atoms with van der Waals surface area (Å²) in [5.41, 5.74) is 0.928. The molecule has 2 aromatic rings. The van der Waals surface area contributed by atoms with Crippen molar-refractivity contribution in [3.63, 3.8) is 0 Å². The Labute approximate surface area is 180 Å². The molecule has 0 aliphatic rings. The van der Waals surface area contributed by atoms with E-state index >= 15 is 0 Å². The summed E-state index contributed by atoms with van der Waals surface area (Å²) in [6.07, 6.45) is 1.25. The summed E-state index contributed by atoms with van der Waals surface area (Å²) in [7, 11) is 4.32. The van der Waals surface area contributed by atoms with Crippen LogP contribution in [0.4, 0.5) is 0 Å². The molecule has 2 rings (SSSR count). The van der Waals surface area contributed by atoms with Gasteiger partial charge < -0.3 is 23.8 Å². The van der Waals surface area contributed by atoms with E-state index in [1.807, 2.05) is 13.8 Å². The largest absolute Gasteiger partial charge is 0.497 e. The molecule has 1 heterocycles. The third-order valence-corrected chi connectivity index (χ3v) is 4.29. The second-order valence-electron chi connectivity index (χ2n) is 6.64. The van der Waals surface area contributed by atoms with Crippen molar-refractivity contribution in [3.8, 4) is 17.4 Å². The summed E-state index contributed by atoms with van der Waals surface area (Å²) in [5.74, 6) is 0.370. The van der Waals surface area contributed by atoms with E-state index in [1.54, 1.807) is 18.2 Å². The van der Waals surface area contributed by atoms with Crippen LogP contribution in [0.15, 0.2) is 30.5 Å². The van der Waals surface area contributed by atoms with Crippen LogP contribution >= 0.6 is 11.6 Å². The number of halogens is 1. The van der Waals surface area contributed by atoms with E-state index < -0.39 is 11.9 Å². The molecule has 30 heavy (non-hydrogen) atoms. The van der Waals surface area contributed by atoms with Crippen molar-refractivity contribution in [1.82, 2.24) is 9.88 Å². The fourth-order valence-corrected chi connectivity index (χ4v) is 2.84. The predicted octanol–water partition coefficient (Wildman–Crippen LogP) is 3.35. The van der Waals surface area contributed by atoms with Gasteiger partial charge >= 0.3 is 5.97 Å². The first-order valence-corrected chi connectivity index (χ1v) is 9.55. The molecule has 0 aliphatic heterocycles. The number of hydrogen-bond donors (Lipinski definition) is 0. The van der Waals surface area contributed by atoms with E-state index in [2.05, 4.69) is 4.98 Å². The minimum absolute atomic E-state index is 0.114. The van der Waals surface area contributed by atoms with Gasteiger partial charge in [0.25, 0.3) is 5.91 Å². The summed E-state index contributed by atoms with van der Waals surface area (Å²) in [5, 5.41) is 0.204. The third kappa shape index (κ3) is 6.25. The number of nitrogens with zero attached hydrogens (tertiary/aromatic N) is 2. The fraction of sp³-hybridized carbons (Fsp3) is 0.381. The van der Waals surface area contributed by atoms with Gasteiger partial charge in [-0.05, 0) is 37.6 Å². The molecule has 0 saturated heterocycles. The number of carbonyl (C=O) groups excluding carboxylic acids is 2. The first-order valence-electron chi connectivity index (χ1n) is 9.17. The molecule has 0 saturated carbocycles. The minimum Gasteiger partial charge on any atom is -0.497 e. The second-order valence-corrected chi connectivity index (χ2v) is 7.04. The van der Waals surface area contributed by atoms with Crippen molar-refractivity contribution in [2.45, 2.75) is 26.5 Å². The number of methoxy groups -OCH3 is 3. The molecular formula is C21H25ClN2O6. The molecule has 162 valence electrons. The number of amides is 1. The number of benzene rings is 1. The van der Waals surface area contributed by atoms with Gasteiger partial charge in [-0.15, -0.1) is 0 Å². The van der Waals surface area contributed by atoms with Gasteiger partial charge in [-0.3, -0.25) is 9.59 Å². The average Bonchev–Trinajstić information content (AvgIpc) is 2.73. The highest BCUT2D eigenvalue weighted by molar-refractivity contribution is 6.32. The number of hydrogen-bond acceptors (Lipinski definition) is 7. The molecule has 1 aromatic carbocycles. The van der Waals surface area contributed by atoms with Gasteiger partial charge in [0.2, 0.25) is 5.88 Å². The zero-order valence-corrected chi connectivity index (χ0v) is 18.4. The van der Waals surface area contributed by atoms with Crippen LogP contribution < -0.4 is 14.2 Å². The highest BCUT2D eigenvalue weighted by Crippen LogP contribution is 2.26. The van der Waals surface area contributed by atoms with Crippen molar-refractivity contribution >= 4 is 23.5 Å². The zero-order chi connectivity index (χ0) is 22.3. The maximum Gasteiger partial charge on any atom is 0.325 e. The third-order valence-electron chi connectivity index (χ3n) is 4.02. The van der Waals surface area contributed by atoms with Gasteiger partial charge in [0, 0.05) is 18.8 Å². The predicted molar refractivity (Wildman–Crippen MR) is 111 cm³/mol. The van der Waals surface area contributed by atoms with Crippen molar-refractivity contribution in [2.75, 3.05) is 27.9 Å². The standard InChI is InChI=1S/C21H25ClN2O6/c1-13(2)30-20-18(22)8-15(10-23-20)21(26)24(12-19(25)29-5)11-14-6-16(27-3)9-17(7-14)28-4/h6-10,13H,11-12H2,1-5H3. The fourth-order valence-electron chi connectivity index (χ4n) is 2.63. The molecule has 0 aliphatic carbocycles. The number of carbonyl (C=O) groups is 2. The van der Waals surface area contributed by atoms with Gasteiger partial charge in [-0.1, -0.05) is 11.6 Å². The quantitative estimate of drug-likeness (QED) is 0.557. The van der Waals surface area contributed by atoms with Gasteiger partial charge in [-0.25, -0.2) is 4.98 Å². The lowest BCUT2D eigenvalue weighted by Gasteiger charge is -2.22. The van der Waals surface area contributed by atoms with Crippen molar-refractivity contribution < 1.29 is 28.5 Å². The summed E-state index contributed by atoms with van der Waals surface area (Å²) < 4.78 is 20.8. The Kier molecular flexibility index (Phi) is 8.29. The summed E-state index contributed by atoms with van der Waals surface area (Å²) >= 11 is 6.21. The number of esters is 1. The van der Waals surface area contributed by atoms with Gasteiger partial charge in [0.15, 0.2) is 0 Å². The minimum atomic E-state index is -0.558. The highest BCUT2D eigenvalue weighted by Gasteiger charge is 2.22. The maximum absolute atomic E-state index is 13.1. The van der Waals surface area contributed by atoms with Gasteiger partial charge in [0.05, 0.1) is 33.0 Å². The molecule has 0 unspecified atom stereocenters. The Morgan fingerprint density at radius 3 is 2.20 bits per heavy atom. The number of rotatable bonds is 9. The lowest BCUT2D eigenvalue weighted by molar-refractivity contribution is -0.141. The zero-order valence-electron chi connectivity index (χ0n) is 17.6. The molecule has 0 fully saturated rings. The molecule has 0 atom stereocenters. The van der Waals surface area contributed by atoms with Gasteiger partial charge in [0.1, 0.15) is 23.1 Å². The first-order chi connectivity index (χ1) is 14.3. The number of pyridine rings is 1. The van der Waals surface area contributed by atoms with Crippen LogP contribution in [0.2, 0.25) is 5.02 Å². The smallest absolute Gasteiger partial charge is 0.325 e. The van der Waals surface area contributed by atoms with Crippen LogP contribution in [0.3, 0.4) is 0 Å². The van der Waals surface area contributed by atoms with Crippen molar-refractivity contribution in [2.24, 2.45) is 0 Å². The molecule has 1 aromatic heterocycles. The number of aromatic nitrogens is 1. The van der Waals surface area contributed by atoms with Crippen molar-refractivity contribution in [1.29, 1.82) is 0 Å². The molecule has 8 nitrogen and oxygen atoms in total. The lowest BCUT2D eigenvalue weighted by Crippen LogP contribution is -2.35. The first kappa shape index (κ1) is 23.3. The van der Waals surface area contributed by atoms with E-state index in [1.165, 1.54) is 38.5 Å². The van der Waals surface area contributed by atoms with Crippen LogP contribution in [0.5, 0.6) is 17.4 Å². The Morgan fingerprint density at radius 2 is 1.70 bits per heavy atom. The van der Waals surface area contributed by atoms with E-state index in [0.717, 1.165) is 0 Å². The molecule has 0 N–H and O–H groups in total. The average molecular weight is 437 g/mol. The Morgan fingerprint density at radius 1 is 1.07 bits per heavy atom. The topological polar surface area (TPSA) is 87.2 Å². The molecule has 1 amide bonds. The highest BCUT2D eigenvalue weighted by atomic mass is 35.5. The summed E-state index contributed by atoms with van der Waals surface area (Å²) in [6.45, 7) is 3.55. The molecule has 0 radical (unpaired) electrons. The van der Waals surface area contributed by atoms with E-state index in [9.17, 15) is 9.59 Å². The van der Waals surface area contributed by atoms with E-state index in [-0.39, 0.29) is 35.7 Å². The SMILES string of the molecule is COC(=O)CN(Cc1cc(OC)cc(OC)c1)C(=O)c1cnc(OC(C)C)c(Cl)c1.